The van der Waals surface area contributed by atoms with Gasteiger partial charge in [0.1, 0.15) is 0 Å². The molecule has 0 radical (unpaired) electrons. The average molecular weight is 386 g/mol. The Morgan fingerprint density at radius 2 is 1.71 bits per heavy atom. The Kier molecular flexibility index (Phi) is 5.78. The van der Waals surface area contributed by atoms with Crippen LogP contribution in [0.25, 0.3) is 0 Å². The maximum absolute atomic E-state index is 3.60. The van der Waals surface area contributed by atoms with Gasteiger partial charge in [0.05, 0.1) is 0 Å². The van der Waals surface area contributed by atoms with Gasteiger partial charge in [0, 0.05) is 9.89 Å². The van der Waals surface area contributed by atoms with Gasteiger partial charge >= 0.3 is 0 Å². The Hall–Kier alpha value is -1.12. The standard InChI is InChI=1S/C22H28BrN/c1-3-24(4-2)17-16-22(19-11-13-20(23)14-12-19)15-7-9-18-8-5-6-10-21(18)22/h5-6,8,10-14H,3-4,7,9,15-17H2,1-2H3. The first-order valence-electron chi connectivity index (χ1n) is 9.26. The van der Waals surface area contributed by atoms with Crippen LogP contribution >= 0.6 is 15.9 Å². The van der Waals surface area contributed by atoms with Gasteiger partial charge in [-0.05, 0) is 74.1 Å². The molecule has 0 aliphatic heterocycles. The molecule has 3 rings (SSSR count). The highest BCUT2D eigenvalue weighted by Crippen LogP contribution is 2.45. The topological polar surface area (TPSA) is 3.24 Å². The molecule has 1 aliphatic carbocycles. The molecule has 1 aliphatic rings. The fourth-order valence-electron chi connectivity index (χ4n) is 4.28. The number of hydrogen-bond acceptors (Lipinski definition) is 1. The number of nitrogens with zero attached hydrogens (tertiary/aromatic N) is 1. The van der Waals surface area contributed by atoms with Crippen molar-refractivity contribution in [1.29, 1.82) is 0 Å². The highest BCUT2D eigenvalue weighted by molar-refractivity contribution is 9.10. The van der Waals surface area contributed by atoms with Gasteiger partial charge in [0.25, 0.3) is 0 Å². The summed E-state index contributed by atoms with van der Waals surface area (Å²) in [6.45, 7) is 7.97. The Labute approximate surface area is 155 Å². The van der Waals surface area contributed by atoms with E-state index in [1.54, 1.807) is 11.1 Å². The van der Waals surface area contributed by atoms with Gasteiger partial charge < -0.3 is 4.90 Å². The van der Waals surface area contributed by atoms with Crippen LogP contribution in [0.2, 0.25) is 0 Å². The third-order valence-electron chi connectivity index (χ3n) is 5.73. The number of rotatable bonds is 6. The second-order valence-electron chi connectivity index (χ2n) is 6.88. The molecule has 1 atom stereocenters. The van der Waals surface area contributed by atoms with Gasteiger partial charge in [0.2, 0.25) is 0 Å². The second-order valence-corrected chi connectivity index (χ2v) is 7.79. The molecule has 0 saturated carbocycles. The van der Waals surface area contributed by atoms with Crippen LogP contribution in [0.4, 0.5) is 0 Å². The van der Waals surface area contributed by atoms with E-state index in [1.165, 1.54) is 31.2 Å². The van der Waals surface area contributed by atoms with Crippen LogP contribution in [0.5, 0.6) is 0 Å². The molecule has 0 bridgehead atoms. The summed E-state index contributed by atoms with van der Waals surface area (Å²) in [5, 5.41) is 0. The van der Waals surface area contributed by atoms with E-state index >= 15 is 0 Å². The fraction of sp³-hybridized carbons (Fsp3) is 0.455. The summed E-state index contributed by atoms with van der Waals surface area (Å²) in [7, 11) is 0. The summed E-state index contributed by atoms with van der Waals surface area (Å²) in [6, 6.07) is 18.2. The van der Waals surface area contributed by atoms with E-state index in [9.17, 15) is 0 Å². The predicted molar refractivity (Wildman–Crippen MR) is 107 cm³/mol. The molecule has 0 N–H and O–H groups in total. The molecule has 0 spiro atoms. The van der Waals surface area contributed by atoms with Crippen molar-refractivity contribution in [3.05, 3.63) is 69.7 Å². The summed E-state index contributed by atoms with van der Waals surface area (Å²) in [6.07, 6.45) is 4.96. The molecule has 0 aromatic heterocycles. The van der Waals surface area contributed by atoms with E-state index in [0.717, 1.165) is 24.1 Å². The summed E-state index contributed by atoms with van der Waals surface area (Å²) < 4.78 is 1.16. The van der Waals surface area contributed by atoms with Crippen molar-refractivity contribution in [3.8, 4) is 0 Å². The van der Waals surface area contributed by atoms with Crippen molar-refractivity contribution in [2.75, 3.05) is 19.6 Å². The summed E-state index contributed by atoms with van der Waals surface area (Å²) >= 11 is 3.60. The zero-order chi connectivity index (χ0) is 17.0. The van der Waals surface area contributed by atoms with Crippen LogP contribution in [-0.2, 0) is 11.8 Å². The normalized spacial score (nSPS) is 20.2. The van der Waals surface area contributed by atoms with Gasteiger partial charge in [-0.1, -0.05) is 66.2 Å². The summed E-state index contributed by atoms with van der Waals surface area (Å²) in [4.78, 5) is 2.55. The highest BCUT2D eigenvalue weighted by Gasteiger charge is 2.37. The Morgan fingerprint density at radius 1 is 1.00 bits per heavy atom. The third-order valence-corrected chi connectivity index (χ3v) is 6.26. The molecule has 0 fully saturated rings. The van der Waals surface area contributed by atoms with Gasteiger partial charge in [-0.15, -0.1) is 0 Å². The van der Waals surface area contributed by atoms with Crippen molar-refractivity contribution in [3.63, 3.8) is 0 Å². The quantitative estimate of drug-likeness (QED) is 0.606. The maximum Gasteiger partial charge on any atom is 0.0217 e. The monoisotopic (exact) mass is 385 g/mol. The lowest BCUT2D eigenvalue weighted by Crippen LogP contribution is -2.37. The molecular formula is C22H28BrN. The first kappa shape index (κ1) is 17.7. The van der Waals surface area contributed by atoms with Crippen LogP contribution < -0.4 is 0 Å². The van der Waals surface area contributed by atoms with E-state index in [0.29, 0.717) is 0 Å². The van der Waals surface area contributed by atoms with Gasteiger partial charge in [0.15, 0.2) is 0 Å². The number of hydrogen-bond donors (Lipinski definition) is 0. The summed E-state index contributed by atoms with van der Waals surface area (Å²) in [5.74, 6) is 0. The lowest BCUT2D eigenvalue weighted by atomic mass is 9.64. The Balaban J connectivity index is 2.03. The third kappa shape index (κ3) is 3.45. The zero-order valence-corrected chi connectivity index (χ0v) is 16.5. The van der Waals surface area contributed by atoms with Crippen LogP contribution in [0.3, 0.4) is 0 Å². The van der Waals surface area contributed by atoms with Crippen LogP contribution in [0.1, 0.15) is 49.8 Å². The minimum Gasteiger partial charge on any atom is -0.304 e. The molecule has 24 heavy (non-hydrogen) atoms. The van der Waals surface area contributed by atoms with E-state index in [2.05, 4.69) is 83.2 Å². The lowest BCUT2D eigenvalue weighted by molar-refractivity contribution is 0.260. The van der Waals surface area contributed by atoms with E-state index in [-0.39, 0.29) is 5.41 Å². The molecule has 0 amide bonds. The lowest BCUT2D eigenvalue weighted by Gasteiger charge is -2.41. The van der Waals surface area contributed by atoms with Crippen LogP contribution in [0, 0.1) is 0 Å². The minimum absolute atomic E-state index is 0.165. The predicted octanol–water partition coefficient (Wildman–Crippen LogP) is 5.80. The van der Waals surface area contributed by atoms with Gasteiger partial charge in [-0.25, -0.2) is 0 Å². The van der Waals surface area contributed by atoms with Crippen molar-refractivity contribution >= 4 is 15.9 Å². The molecule has 1 unspecified atom stereocenters. The first-order valence-corrected chi connectivity index (χ1v) is 10.1. The van der Waals surface area contributed by atoms with Crippen molar-refractivity contribution in [2.24, 2.45) is 0 Å². The molecule has 0 saturated heterocycles. The van der Waals surface area contributed by atoms with E-state index < -0.39 is 0 Å². The van der Waals surface area contributed by atoms with Gasteiger partial charge in [-0.3, -0.25) is 0 Å². The number of halogens is 1. The molecule has 2 aromatic carbocycles. The number of benzene rings is 2. The van der Waals surface area contributed by atoms with Crippen molar-refractivity contribution in [1.82, 2.24) is 4.90 Å². The molecule has 0 heterocycles. The number of fused-ring (bicyclic) bond motifs is 1. The SMILES string of the molecule is CCN(CC)CCC1(c2ccc(Br)cc2)CCCc2ccccc21. The largest absolute Gasteiger partial charge is 0.304 e. The first-order chi connectivity index (χ1) is 11.7. The second kappa shape index (κ2) is 7.84. The Morgan fingerprint density at radius 3 is 2.42 bits per heavy atom. The summed E-state index contributed by atoms with van der Waals surface area (Å²) in [5.41, 5.74) is 4.75. The Bertz CT molecular complexity index is 660. The van der Waals surface area contributed by atoms with E-state index in [1.807, 2.05) is 0 Å². The van der Waals surface area contributed by atoms with Crippen LogP contribution in [0.15, 0.2) is 53.0 Å². The smallest absolute Gasteiger partial charge is 0.0217 e. The van der Waals surface area contributed by atoms with Crippen LogP contribution in [-0.4, -0.2) is 24.5 Å². The molecule has 128 valence electrons. The van der Waals surface area contributed by atoms with Gasteiger partial charge in [-0.2, -0.15) is 0 Å². The maximum atomic E-state index is 3.60. The molecule has 1 nitrogen and oxygen atoms in total. The zero-order valence-electron chi connectivity index (χ0n) is 14.9. The van der Waals surface area contributed by atoms with E-state index in [4.69, 9.17) is 0 Å². The molecular weight excluding hydrogens is 358 g/mol. The minimum atomic E-state index is 0.165. The van der Waals surface area contributed by atoms with Crippen molar-refractivity contribution < 1.29 is 0 Å². The number of aryl methyl sites for hydroxylation is 1. The molecule has 2 aromatic rings. The fourth-order valence-corrected chi connectivity index (χ4v) is 4.55. The molecule has 2 heteroatoms. The average Bonchev–Trinajstić information content (AvgIpc) is 2.63. The highest BCUT2D eigenvalue weighted by atomic mass is 79.9. The van der Waals surface area contributed by atoms with Crippen molar-refractivity contribution in [2.45, 2.75) is 44.9 Å².